The molecule has 0 saturated heterocycles. The molecule has 598 valence electrons. The fraction of sp³-hybridized carbons (Fsp3) is 0.304. The van der Waals surface area contributed by atoms with Crippen molar-refractivity contribution < 1.29 is 109 Å². The summed E-state index contributed by atoms with van der Waals surface area (Å²) in [5, 5.41) is 32.5. The third-order valence-corrected chi connectivity index (χ3v) is 20.9. The second-order valence-corrected chi connectivity index (χ2v) is 32.9. The number of hydrogen-bond acceptors (Lipinski definition) is 18. The number of rotatable bonds is 33. The highest BCUT2D eigenvalue weighted by atomic mass is 32.2. The van der Waals surface area contributed by atoms with Gasteiger partial charge in [-0.25, -0.2) is 58.6 Å². The summed E-state index contributed by atoms with van der Waals surface area (Å²) in [6.07, 6.45) is -14.2. The third kappa shape index (κ3) is 35.3. The number of thioether (sulfide) groups is 2. The Hall–Kier alpha value is -7.90. The van der Waals surface area contributed by atoms with Crippen LogP contribution in [0.1, 0.15) is 67.3 Å². The standard InChI is InChI=1S/C22H21F4N3O3S.C19H23F3N2O4S2.C19H23F3N2O3S2.C9H10F3NO2S2/c23-17-6-8-18(9-7-17)32-21-19(29-13-15-4-2-1-3-5-15)10-16(11-20(21)33(27,30)31)12-28-14-22(24,25)26;1-2-3-9-24-16-10-14(12-29(25)13-19(20,21)22)11-17(30(23,26)27)18(16)28-15-7-5-4-6-8-15;1-2-3-9-24-16-10-14(12-28-13-19(20,21)22)11-17(29(23,25)26)18(16)27-15-7-5-4-6-8-15;10-9(11,12)6-16-5-7-2-1-3-8(4-7)17(13,14)15/h1-11,28-29H,12-14H2,(H2,27,30,31);4-8,10-11,24H,2-3,9,12-13H2,1H3,(H2,23,26,27);4-8,10-11,24H,2-3,9,12-13H2,1H3,(H2,23,25,26);1-4H,5-6H2,(H2,13,14,15). The van der Waals surface area contributed by atoms with E-state index in [0.29, 0.717) is 64.9 Å². The minimum Gasteiger partial charge on any atom is -0.454 e. The van der Waals surface area contributed by atoms with Gasteiger partial charge in [0, 0.05) is 54.2 Å². The normalized spacial score (nSPS) is 12.4. The van der Waals surface area contributed by atoms with Gasteiger partial charge >= 0.3 is 24.7 Å². The summed E-state index contributed by atoms with van der Waals surface area (Å²) in [4.78, 5) is -1.19. The third-order valence-electron chi connectivity index (χ3n) is 13.8. The number of benzene rings is 8. The van der Waals surface area contributed by atoms with Crippen LogP contribution in [0.2, 0.25) is 0 Å². The van der Waals surface area contributed by atoms with Crippen molar-refractivity contribution in [3.05, 3.63) is 210 Å². The summed E-state index contributed by atoms with van der Waals surface area (Å²) < 4.78 is 286. The van der Waals surface area contributed by atoms with Gasteiger partial charge in [0.05, 0.1) is 40.0 Å². The van der Waals surface area contributed by atoms with E-state index in [4.69, 9.17) is 34.8 Å². The van der Waals surface area contributed by atoms with Crippen LogP contribution in [0, 0.1) is 5.82 Å². The summed E-state index contributed by atoms with van der Waals surface area (Å²) in [6, 6.07) is 44.6. The molecule has 1 atom stereocenters. The Morgan fingerprint density at radius 2 is 0.807 bits per heavy atom. The number of sulfonamides is 4. The summed E-state index contributed by atoms with van der Waals surface area (Å²) in [5.41, 5.74) is 2.95. The first-order valence-corrected chi connectivity index (χ1v) is 42.1. The monoisotopic (exact) mass is 1680 g/mol. The van der Waals surface area contributed by atoms with Crippen molar-refractivity contribution in [1.82, 2.24) is 5.32 Å². The predicted molar refractivity (Wildman–Crippen MR) is 396 cm³/mol. The van der Waals surface area contributed by atoms with Crippen molar-refractivity contribution in [2.45, 2.75) is 114 Å². The van der Waals surface area contributed by atoms with Gasteiger partial charge in [-0.1, -0.05) is 106 Å². The number of nitrogens with one attached hydrogen (secondary N) is 4. The Kier molecular flexibility index (Phi) is 35.3. The van der Waals surface area contributed by atoms with E-state index in [2.05, 4.69) is 21.3 Å². The number of ether oxygens (including phenoxy) is 3. The molecule has 0 bridgehead atoms. The smallest absolute Gasteiger partial charge is 0.401 e. The number of nitrogens with two attached hydrogens (primary N) is 4. The van der Waals surface area contributed by atoms with Crippen LogP contribution in [0.3, 0.4) is 0 Å². The molecular weight excluding hydrogens is 1600 g/mol. The van der Waals surface area contributed by atoms with Crippen LogP contribution in [0.15, 0.2) is 196 Å². The highest BCUT2D eigenvalue weighted by Gasteiger charge is 2.33. The van der Waals surface area contributed by atoms with Gasteiger partial charge in [-0.3, -0.25) is 4.21 Å². The van der Waals surface area contributed by atoms with E-state index < -0.39 is 121 Å². The Balaban J connectivity index is 0.000000266. The van der Waals surface area contributed by atoms with E-state index in [9.17, 15) is 95.0 Å². The number of hydrogen-bond donors (Lipinski definition) is 8. The van der Waals surface area contributed by atoms with Gasteiger partial charge in [-0.2, -0.15) is 52.7 Å². The average Bonchev–Trinajstić information content (AvgIpc) is 0.798. The first-order chi connectivity index (χ1) is 50.8. The SMILES string of the molecule is CCCCNc1cc(CS(=O)CC(F)(F)F)cc(S(N)(=O)=O)c1Oc1ccccc1.CCCCNc1cc(CSCC(F)(F)F)cc(S(N)(=O)=O)c1Oc1ccccc1.NS(=O)(=O)c1cc(CNCC(F)(F)F)cc(NCc2ccccc2)c1Oc1ccc(F)cc1.NS(=O)(=O)c1cccc(CSCC(F)(F)F)c1. The zero-order chi connectivity index (χ0) is 81.0. The molecule has 0 aliphatic rings. The van der Waals surface area contributed by atoms with Gasteiger partial charge in [0.15, 0.2) is 17.2 Å². The molecule has 12 N–H and O–H groups in total. The molecule has 1 unspecified atom stereocenters. The van der Waals surface area contributed by atoms with Gasteiger partial charge in [0.1, 0.15) is 43.5 Å². The molecule has 0 aliphatic carbocycles. The molecule has 0 fully saturated rings. The first kappa shape index (κ1) is 91.7. The molecule has 0 spiro atoms. The maximum Gasteiger partial charge on any atom is 0.401 e. The lowest BCUT2D eigenvalue weighted by Crippen LogP contribution is -2.28. The summed E-state index contributed by atoms with van der Waals surface area (Å²) >= 11 is 1.32. The van der Waals surface area contributed by atoms with Gasteiger partial charge in [0.2, 0.25) is 40.1 Å². The van der Waals surface area contributed by atoms with E-state index in [1.807, 2.05) is 44.2 Å². The lowest BCUT2D eigenvalue weighted by Gasteiger charge is -2.18. The van der Waals surface area contributed by atoms with Crippen LogP contribution in [-0.4, -0.2) is 99.5 Å². The Morgan fingerprint density at radius 1 is 0.413 bits per heavy atom. The molecule has 8 aromatic rings. The molecule has 0 heterocycles. The minimum absolute atomic E-state index is 0.0178. The van der Waals surface area contributed by atoms with Gasteiger partial charge < -0.3 is 35.5 Å². The van der Waals surface area contributed by atoms with Crippen LogP contribution in [0.25, 0.3) is 0 Å². The Labute approximate surface area is 633 Å². The predicted octanol–water partition coefficient (Wildman–Crippen LogP) is 15.9. The number of anilines is 3. The van der Waals surface area contributed by atoms with Crippen molar-refractivity contribution in [1.29, 1.82) is 0 Å². The van der Waals surface area contributed by atoms with Crippen LogP contribution < -0.4 is 56.0 Å². The molecule has 40 heteroatoms. The molecule has 8 rings (SSSR count). The van der Waals surface area contributed by atoms with Gasteiger partial charge in [-0.05, 0) is 138 Å². The molecular formula is C69H77F13N8O12S7. The maximum absolute atomic E-state index is 13.3. The van der Waals surface area contributed by atoms with E-state index >= 15 is 0 Å². The van der Waals surface area contributed by atoms with Gasteiger partial charge in [-0.15, -0.1) is 23.5 Å². The summed E-state index contributed by atoms with van der Waals surface area (Å²) in [5.74, 6) is -3.68. The highest BCUT2D eigenvalue weighted by molar-refractivity contribution is 7.98. The lowest BCUT2D eigenvalue weighted by molar-refractivity contribution is -0.125. The van der Waals surface area contributed by atoms with Crippen LogP contribution >= 0.6 is 23.5 Å². The molecule has 0 aromatic heterocycles. The second-order valence-electron chi connectivity index (χ2n) is 23.3. The Morgan fingerprint density at radius 3 is 1.23 bits per heavy atom. The summed E-state index contributed by atoms with van der Waals surface area (Å²) in [6.45, 7) is 3.74. The van der Waals surface area contributed by atoms with Crippen molar-refractivity contribution in [3.8, 4) is 34.5 Å². The fourth-order valence-electron chi connectivity index (χ4n) is 9.17. The first-order valence-electron chi connectivity index (χ1n) is 32.1. The largest absolute Gasteiger partial charge is 0.454 e. The zero-order valence-electron chi connectivity index (χ0n) is 57.8. The number of alkyl halides is 12. The van der Waals surface area contributed by atoms with Crippen molar-refractivity contribution >= 4 is 91.5 Å². The second kappa shape index (κ2) is 41.9. The number of primary sulfonamides is 4. The van der Waals surface area contributed by atoms with E-state index in [1.165, 1.54) is 48.5 Å². The number of unbranched alkanes of at least 4 members (excludes halogenated alkanes) is 2. The zero-order valence-corrected chi connectivity index (χ0v) is 63.5. The minimum atomic E-state index is -4.59. The quantitative estimate of drug-likeness (QED) is 0.0140. The number of halogens is 13. The van der Waals surface area contributed by atoms with Gasteiger partial charge in [0.25, 0.3) is 0 Å². The molecule has 0 radical (unpaired) electrons. The van der Waals surface area contributed by atoms with E-state index in [0.717, 1.165) is 55.5 Å². The van der Waals surface area contributed by atoms with Crippen LogP contribution in [-0.2, 0) is 81.2 Å². The molecule has 0 amide bonds. The van der Waals surface area contributed by atoms with Crippen molar-refractivity contribution in [2.24, 2.45) is 20.6 Å². The fourth-order valence-corrected chi connectivity index (χ4v) is 14.4. The van der Waals surface area contributed by atoms with Crippen molar-refractivity contribution in [2.75, 3.05) is 52.8 Å². The maximum atomic E-state index is 13.3. The molecule has 20 nitrogen and oxygen atoms in total. The average molecular weight is 1680 g/mol. The number of para-hydroxylation sites is 2. The lowest BCUT2D eigenvalue weighted by atomic mass is 10.1. The highest BCUT2D eigenvalue weighted by Crippen LogP contribution is 2.42. The van der Waals surface area contributed by atoms with E-state index in [-0.39, 0.29) is 79.9 Å². The van der Waals surface area contributed by atoms with Crippen LogP contribution in [0.5, 0.6) is 34.5 Å². The topological polar surface area (TPSA) is 334 Å². The molecule has 109 heavy (non-hydrogen) atoms. The Bertz CT molecular complexity index is 4720. The molecule has 8 aromatic carbocycles. The molecule has 0 saturated carbocycles. The molecule has 0 aliphatic heterocycles. The van der Waals surface area contributed by atoms with Crippen molar-refractivity contribution in [3.63, 3.8) is 0 Å². The van der Waals surface area contributed by atoms with Crippen LogP contribution in [0.4, 0.5) is 74.1 Å². The van der Waals surface area contributed by atoms with E-state index in [1.54, 1.807) is 72.8 Å². The summed E-state index contributed by atoms with van der Waals surface area (Å²) in [7, 11) is -18.9.